The predicted molar refractivity (Wildman–Crippen MR) is 138 cm³/mol. The van der Waals surface area contributed by atoms with E-state index in [1.807, 2.05) is 49.4 Å². The van der Waals surface area contributed by atoms with Gasteiger partial charge in [-0.25, -0.2) is 4.98 Å². The van der Waals surface area contributed by atoms with Crippen LogP contribution in [-0.2, 0) is 6.54 Å². The van der Waals surface area contributed by atoms with Gasteiger partial charge in [-0.05, 0) is 68.8 Å². The molecule has 6 heteroatoms. The fraction of sp³-hybridized carbons (Fsp3) is 0.276. The van der Waals surface area contributed by atoms with Gasteiger partial charge < -0.3 is 10.1 Å². The molecule has 0 atom stereocenters. The largest absolute Gasteiger partial charge is 0.494 e. The highest BCUT2D eigenvalue weighted by Gasteiger charge is 2.33. The molecule has 35 heavy (non-hydrogen) atoms. The molecule has 0 saturated heterocycles. The van der Waals surface area contributed by atoms with Crippen molar-refractivity contribution in [2.24, 2.45) is 0 Å². The van der Waals surface area contributed by atoms with Crippen molar-refractivity contribution in [1.82, 2.24) is 20.2 Å². The molecule has 0 radical (unpaired) electrons. The highest BCUT2D eigenvalue weighted by atomic mass is 16.5. The lowest BCUT2D eigenvalue weighted by molar-refractivity contribution is 0.0811. The van der Waals surface area contributed by atoms with Gasteiger partial charge in [0.15, 0.2) is 0 Å². The predicted octanol–water partition coefficient (Wildman–Crippen LogP) is 5.09. The Morgan fingerprint density at radius 3 is 2.60 bits per heavy atom. The summed E-state index contributed by atoms with van der Waals surface area (Å²) in [6.45, 7) is 3.50. The lowest BCUT2D eigenvalue weighted by atomic mass is 9.85. The van der Waals surface area contributed by atoms with Crippen molar-refractivity contribution in [3.05, 3.63) is 90.3 Å². The molecule has 5 rings (SSSR count). The van der Waals surface area contributed by atoms with E-state index in [-0.39, 0.29) is 11.9 Å². The number of amides is 1. The highest BCUT2D eigenvalue weighted by Crippen LogP contribution is 2.29. The average Bonchev–Trinajstić information content (AvgIpc) is 2.86. The maximum atomic E-state index is 13.4. The number of nitrogens with one attached hydrogen (secondary N) is 1. The van der Waals surface area contributed by atoms with Gasteiger partial charge in [-0.15, -0.1) is 0 Å². The maximum Gasteiger partial charge on any atom is 0.252 e. The van der Waals surface area contributed by atoms with Crippen molar-refractivity contribution >= 4 is 16.8 Å². The van der Waals surface area contributed by atoms with Crippen LogP contribution >= 0.6 is 0 Å². The number of hydrogen-bond acceptors (Lipinski definition) is 5. The lowest BCUT2D eigenvalue weighted by Gasteiger charge is -2.41. The lowest BCUT2D eigenvalue weighted by Crippen LogP contribution is -2.52. The number of rotatable bonds is 8. The Kier molecular flexibility index (Phi) is 6.73. The zero-order chi connectivity index (χ0) is 24.2. The van der Waals surface area contributed by atoms with Crippen molar-refractivity contribution in [3.63, 3.8) is 0 Å². The summed E-state index contributed by atoms with van der Waals surface area (Å²) in [7, 11) is 2.15. The third-order valence-electron chi connectivity index (χ3n) is 6.66. The first-order valence-corrected chi connectivity index (χ1v) is 12.1. The first-order chi connectivity index (χ1) is 17.1. The molecule has 0 unspecified atom stereocenters. The number of aromatic nitrogens is 2. The molecule has 0 spiro atoms. The minimum atomic E-state index is -0.0771. The molecule has 6 nitrogen and oxygen atoms in total. The number of nitrogens with zero attached hydrogens (tertiary/aromatic N) is 3. The van der Waals surface area contributed by atoms with Crippen LogP contribution in [0, 0.1) is 0 Å². The zero-order valence-corrected chi connectivity index (χ0v) is 20.1. The van der Waals surface area contributed by atoms with E-state index >= 15 is 0 Å². The second kappa shape index (κ2) is 10.2. The number of carbonyl (C=O) groups excluding carboxylic acids is 1. The zero-order valence-electron chi connectivity index (χ0n) is 20.1. The number of fused-ring (bicyclic) bond motifs is 1. The smallest absolute Gasteiger partial charge is 0.252 e. The first-order valence-electron chi connectivity index (χ1n) is 12.1. The van der Waals surface area contributed by atoms with Crippen molar-refractivity contribution in [1.29, 1.82) is 0 Å². The van der Waals surface area contributed by atoms with E-state index in [1.54, 1.807) is 12.4 Å². The van der Waals surface area contributed by atoms with Crippen LogP contribution in [0.2, 0.25) is 0 Å². The van der Waals surface area contributed by atoms with Crippen LogP contribution in [0.25, 0.3) is 22.2 Å². The van der Waals surface area contributed by atoms with Gasteiger partial charge in [0.25, 0.3) is 5.91 Å². The number of hydrogen-bond donors (Lipinski definition) is 1. The number of benzene rings is 2. The minimum absolute atomic E-state index is 0.0771. The Bertz CT molecular complexity index is 1300. The summed E-state index contributed by atoms with van der Waals surface area (Å²) in [5.41, 5.74) is 4.36. The van der Waals surface area contributed by atoms with Crippen LogP contribution in [0.5, 0.6) is 5.75 Å². The van der Waals surface area contributed by atoms with Crippen LogP contribution in [0.3, 0.4) is 0 Å². The van der Waals surface area contributed by atoms with Crippen molar-refractivity contribution < 1.29 is 9.53 Å². The van der Waals surface area contributed by atoms with E-state index in [4.69, 9.17) is 9.72 Å². The van der Waals surface area contributed by atoms with Gasteiger partial charge in [-0.3, -0.25) is 14.7 Å². The molecular formula is C29H30N4O2. The van der Waals surface area contributed by atoms with Crippen LogP contribution in [0.1, 0.15) is 35.7 Å². The standard InChI is InChI=1S/C29H30N4O2/c1-3-35-24-11-9-21(10-12-24)28-17-25(26-18-30-14-13-27(26)32-28)29(34)31-22-15-23(16-22)33(2)19-20-7-5-4-6-8-20/h4-14,17-18,22-23H,3,15-16,19H2,1-2H3,(H,31,34). The second-order valence-electron chi connectivity index (χ2n) is 9.10. The van der Waals surface area contributed by atoms with Gasteiger partial charge in [-0.2, -0.15) is 0 Å². The fourth-order valence-electron chi connectivity index (χ4n) is 4.62. The molecule has 4 aromatic rings. The summed E-state index contributed by atoms with van der Waals surface area (Å²) in [6, 6.07) is 22.6. The quantitative estimate of drug-likeness (QED) is 0.392. The third kappa shape index (κ3) is 5.17. The molecule has 2 aromatic carbocycles. The van der Waals surface area contributed by atoms with Crippen LogP contribution in [0.15, 0.2) is 79.1 Å². The average molecular weight is 467 g/mol. The third-order valence-corrected chi connectivity index (χ3v) is 6.66. The Morgan fingerprint density at radius 1 is 1.09 bits per heavy atom. The van der Waals surface area contributed by atoms with Crippen LogP contribution < -0.4 is 10.1 Å². The van der Waals surface area contributed by atoms with Crippen LogP contribution in [-0.4, -0.2) is 46.5 Å². The summed E-state index contributed by atoms with van der Waals surface area (Å²) in [5.74, 6) is 0.739. The van der Waals surface area contributed by atoms with Crippen molar-refractivity contribution in [3.8, 4) is 17.0 Å². The molecule has 0 bridgehead atoms. The molecule has 2 heterocycles. The minimum Gasteiger partial charge on any atom is -0.494 e. The summed E-state index contributed by atoms with van der Waals surface area (Å²) < 4.78 is 5.55. The molecule has 1 N–H and O–H groups in total. The Balaban J connectivity index is 1.30. The molecular weight excluding hydrogens is 436 g/mol. The van der Waals surface area contributed by atoms with E-state index in [2.05, 4.69) is 46.5 Å². The highest BCUT2D eigenvalue weighted by molar-refractivity contribution is 6.07. The summed E-state index contributed by atoms with van der Waals surface area (Å²) >= 11 is 0. The number of ether oxygens (including phenoxy) is 1. The van der Waals surface area contributed by atoms with Crippen molar-refractivity contribution in [2.45, 2.75) is 38.4 Å². The number of carbonyl (C=O) groups is 1. The second-order valence-corrected chi connectivity index (χ2v) is 9.10. The normalized spacial score (nSPS) is 17.2. The van der Waals surface area contributed by atoms with E-state index < -0.39 is 0 Å². The van der Waals surface area contributed by atoms with Gasteiger partial charge in [0, 0.05) is 42.0 Å². The number of pyridine rings is 2. The topological polar surface area (TPSA) is 67.3 Å². The summed E-state index contributed by atoms with van der Waals surface area (Å²) in [5, 5.41) is 4.00. The van der Waals surface area contributed by atoms with E-state index in [1.165, 1.54) is 5.56 Å². The Morgan fingerprint density at radius 2 is 1.86 bits per heavy atom. The van der Waals surface area contributed by atoms with Gasteiger partial charge in [0.1, 0.15) is 5.75 Å². The summed E-state index contributed by atoms with van der Waals surface area (Å²) in [6.07, 6.45) is 5.32. The van der Waals surface area contributed by atoms with Gasteiger partial charge >= 0.3 is 0 Å². The summed E-state index contributed by atoms with van der Waals surface area (Å²) in [4.78, 5) is 24.7. The molecule has 1 fully saturated rings. The fourth-order valence-corrected chi connectivity index (χ4v) is 4.62. The van der Waals surface area contributed by atoms with E-state index in [0.29, 0.717) is 18.2 Å². The van der Waals surface area contributed by atoms with Gasteiger partial charge in [-0.1, -0.05) is 30.3 Å². The van der Waals surface area contributed by atoms with Crippen molar-refractivity contribution in [2.75, 3.05) is 13.7 Å². The van der Waals surface area contributed by atoms with Gasteiger partial charge in [0.05, 0.1) is 23.4 Å². The molecule has 1 amide bonds. The first kappa shape index (κ1) is 23.0. The Labute approximate surface area is 206 Å². The maximum absolute atomic E-state index is 13.4. The van der Waals surface area contributed by atoms with Crippen LogP contribution in [0.4, 0.5) is 0 Å². The van der Waals surface area contributed by atoms with E-state index in [0.717, 1.165) is 47.3 Å². The molecule has 1 aliphatic carbocycles. The molecule has 0 aliphatic heterocycles. The monoisotopic (exact) mass is 466 g/mol. The molecule has 178 valence electrons. The van der Waals surface area contributed by atoms with E-state index in [9.17, 15) is 4.79 Å². The molecule has 1 saturated carbocycles. The Hall–Kier alpha value is -3.77. The van der Waals surface area contributed by atoms with Gasteiger partial charge in [0.2, 0.25) is 0 Å². The molecule has 2 aromatic heterocycles. The molecule has 1 aliphatic rings. The SMILES string of the molecule is CCOc1ccc(-c2cc(C(=O)NC3CC(N(C)Cc4ccccc4)C3)c3cnccc3n2)cc1.